The normalized spacial score (nSPS) is 11.3. The fraction of sp³-hybridized carbons (Fsp3) is 0.0769. The summed E-state index contributed by atoms with van der Waals surface area (Å²) >= 11 is 6.08. The molecule has 0 atom stereocenters. The summed E-state index contributed by atoms with van der Waals surface area (Å²) in [6, 6.07) is 11.5. The molecule has 4 N–H and O–H groups in total. The van der Waals surface area contributed by atoms with Crippen molar-refractivity contribution in [3.05, 3.63) is 58.7 Å². The fourth-order valence-corrected chi connectivity index (χ4v) is 1.78. The monoisotopic (exact) mass is 276 g/mol. The standard InChI is InChI=1S/C13H13ClN4O/c14-11-6-10(12(15)18-19)8-17-13(11)16-7-9-4-2-1-3-5-9/h1-6,8,19H,7H2,(H2,15,18)(H,16,17). The Balaban J connectivity index is 2.10. The predicted octanol–water partition coefficient (Wildman–Crippen LogP) is 2.44. The molecule has 1 aromatic carbocycles. The Hall–Kier alpha value is -2.27. The van der Waals surface area contributed by atoms with E-state index in [0.29, 0.717) is 22.9 Å². The lowest BCUT2D eigenvalue weighted by atomic mass is 10.2. The van der Waals surface area contributed by atoms with Crippen LogP contribution in [0.2, 0.25) is 5.02 Å². The van der Waals surface area contributed by atoms with Gasteiger partial charge in [-0.25, -0.2) is 4.98 Å². The molecule has 0 spiro atoms. The second-order valence-corrected chi connectivity index (χ2v) is 4.29. The molecule has 1 aromatic heterocycles. The maximum absolute atomic E-state index is 8.58. The van der Waals surface area contributed by atoms with Crippen LogP contribution in [-0.4, -0.2) is 16.0 Å². The summed E-state index contributed by atoms with van der Waals surface area (Å²) in [5, 5.41) is 15.0. The van der Waals surface area contributed by atoms with Gasteiger partial charge in [-0.3, -0.25) is 0 Å². The average molecular weight is 277 g/mol. The largest absolute Gasteiger partial charge is 0.409 e. The van der Waals surface area contributed by atoms with Crippen molar-refractivity contribution in [3.8, 4) is 0 Å². The van der Waals surface area contributed by atoms with Crippen molar-refractivity contribution in [1.82, 2.24) is 4.98 Å². The van der Waals surface area contributed by atoms with Gasteiger partial charge in [-0.2, -0.15) is 0 Å². The number of amidine groups is 1. The van der Waals surface area contributed by atoms with Gasteiger partial charge in [-0.15, -0.1) is 0 Å². The Labute approximate surface area is 115 Å². The van der Waals surface area contributed by atoms with Crippen molar-refractivity contribution in [2.45, 2.75) is 6.54 Å². The van der Waals surface area contributed by atoms with E-state index >= 15 is 0 Å². The number of aromatic nitrogens is 1. The maximum Gasteiger partial charge on any atom is 0.171 e. The third kappa shape index (κ3) is 3.35. The molecule has 0 aliphatic heterocycles. The van der Waals surface area contributed by atoms with Crippen molar-refractivity contribution in [3.63, 3.8) is 0 Å². The van der Waals surface area contributed by atoms with Gasteiger partial charge in [-0.05, 0) is 11.6 Å². The Kier molecular flexibility index (Phi) is 4.20. The topological polar surface area (TPSA) is 83.5 Å². The first-order chi connectivity index (χ1) is 9.20. The highest BCUT2D eigenvalue weighted by atomic mass is 35.5. The van der Waals surface area contributed by atoms with Gasteiger partial charge in [0.1, 0.15) is 5.82 Å². The molecule has 2 aromatic rings. The number of pyridine rings is 1. The van der Waals surface area contributed by atoms with Gasteiger partial charge in [0.05, 0.1) is 5.02 Å². The van der Waals surface area contributed by atoms with Crippen LogP contribution in [0, 0.1) is 0 Å². The SMILES string of the molecule is NC(=NO)c1cnc(NCc2ccccc2)c(Cl)c1. The first-order valence-corrected chi connectivity index (χ1v) is 5.99. The molecule has 2 rings (SSSR count). The molecule has 98 valence electrons. The van der Waals surface area contributed by atoms with E-state index in [1.54, 1.807) is 6.07 Å². The van der Waals surface area contributed by atoms with Crippen LogP contribution >= 0.6 is 11.6 Å². The van der Waals surface area contributed by atoms with Crippen LogP contribution in [-0.2, 0) is 6.54 Å². The van der Waals surface area contributed by atoms with Crippen molar-refractivity contribution in [1.29, 1.82) is 0 Å². The molecule has 0 fully saturated rings. The summed E-state index contributed by atoms with van der Waals surface area (Å²) in [5.41, 5.74) is 7.06. The van der Waals surface area contributed by atoms with Gasteiger partial charge in [-0.1, -0.05) is 47.1 Å². The van der Waals surface area contributed by atoms with Crippen molar-refractivity contribution < 1.29 is 5.21 Å². The summed E-state index contributed by atoms with van der Waals surface area (Å²) in [5.74, 6) is 0.531. The van der Waals surface area contributed by atoms with Crippen LogP contribution < -0.4 is 11.1 Å². The molecule has 0 radical (unpaired) electrons. The number of anilines is 1. The molecule has 1 heterocycles. The molecular formula is C13H13ClN4O. The van der Waals surface area contributed by atoms with Gasteiger partial charge in [0, 0.05) is 18.3 Å². The van der Waals surface area contributed by atoms with Crippen molar-refractivity contribution in [2.24, 2.45) is 10.9 Å². The number of nitrogens with two attached hydrogens (primary N) is 1. The van der Waals surface area contributed by atoms with Crippen molar-refractivity contribution >= 4 is 23.3 Å². The minimum Gasteiger partial charge on any atom is -0.409 e. The average Bonchev–Trinajstić information content (AvgIpc) is 2.46. The number of nitrogens with one attached hydrogen (secondary N) is 1. The zero-order valence-corrected chi connectivity index (χ0v) is 10.8. The summed E-state index contributed by atoms with van der Waals surface area (Å²) in [6.45, 7) is 0.622. The third-order valence-corrected chi connectivity index (χ3v) is 2.84. The lowest BCUT2D eigenvalue weighted by molar-refractivity contribution is 0.318. The Morgan fingerprint density at radius 3 is 2.74 bits per heavy atom. The molecule has 0 saturated carbocycles. The minimum absolute atomic E-state index is 0.0241. The van der Waals surface area contributed by atoms with E-state index in [1.165, 1.54) is 6.20 Å². The molecule has 0 saturated heterocycles. The number of benzene rings is 1. The second-order valence-electron chi connectivity index (χ2n) is 3.88. The Morgan fingerprint density at radius 2 is 2.11 bits per heavy atom. The van der Waals surface area contributed by atoms with Gasteiger partial charge >= 0.3 is 0 Å². The Morgan fingerprint density at radius 1 is 1.37 bits per heavy atom. The summed E-state index contributed by atoms with van der Waals surface area (Å²) in [4.78, 5) is 4.15. The third-order valence-electron chi connectivity index (χ3n) is 2.55. The van der Waals surface area contributed by atoms with E-state index in [-0.39, 0.29) is 5.84 Å². The van der Waals surface area contributed by atoms with E-state index < -0.39 is 0 Å². The van der Waals surface area contributed by atoms with Crippen LogP contribution in [0.4, 0.5) is 5.82 Å². The molecule has 0 aliphatic rings. The summed E-state index contributed by atoms with van der Waals surface area (Å²) in [7, 11) is 0. The molecule has 0 aliphatic carbocycles. The fourth-order valence-electron chi connectivity index (χ4n) is 1.55. The summed E-state index contributed by atoms with van der Waals surface area (Å²) < 4.78 is 0. The molecular weight excluding hydrogens is 264 g/mol. The zero-order chi connectivity index (χ0) is 13.7. The van der Waals surface area contributed by atoms with E-state index in [4.69, 9.17) is 22.5 Å². The quantitative estimate of drug-likeness (QED) is 0.347. The number of rotatable bonds is 4. The zero-order valence-electron chi connectivity index (χ0n) is 10.0. The maximum atomic E-state index is 8.58. The van der Waals surface area contributed by atoms with E-state index in [1.807, 2.05) is 30.3 Å². The van der Waals surface area contributed by atoms with E-state index in [0.717, 1.165) is 5.56 Å². The number of nitrogens with zero attached hydrogens (tertiary/aromatic N) is 2. The number of hydrogen-bond acceptors (Lipinski definition) is 4. The van der Waals surface area contributed by atoms with Crippen LogP contribution in [0.25, 0.3) is 0 Å². The van der Waals surface area contributed by atoms with E-state index in [9.17, 15) is 0 Å². The van der Waals surface area contributed by atoms with Crippen molar-refractivity contribution in [2.75, 3.05) is 5.32 Å². The van der Waals surface area contributed by atoms with E-state index in [2.05, 4.69) is 15.5 Å². The van der Waals surface area contributed by atoms with Gasteiger partial charge < -0.3 is 16.3 Å². The molecule has 0 bridgehead atoms. The van der Waals surface area contributed by atoms with Gasteiger partial charge in [0.2, 0.25) is 0 Å². The number of hydrogen-bond donors (Lipinski definition) is 3. The lowest BCUT2D eigenvalue weighted by Gasteiger charge is -2.08. The lowest BCUT2D eigenvalue weighted by Crippen LogP contribution is -2.14. The highest BCUT2D eigenvalue weighted by Crippen LogP contribution is 2.20. The first kappa shape index (κ1) is 13.2. The Bertz CT molecular complexity index is 586. The molecule has 0 unspecified atom stereocenters. The molecule has 0 amide bonds. The number of halogens is 1. The van der Waals surface area contributed by atoms with Gasteiger partial charge in [0.25, 0.3) is 0 Å². The smallest absolute Gasteiger partial charge is 0.171 e. The summed E-state index contributed by atoms with van der Waals surface area (Å²) in [6.07, 6.45) is 1.49. The van der Waals surface area contributed by atoms with Crippen LogP contribution in [0.5, 0.6) is 0 Å². The highest BCUT2D eigenvalue weighted by molar-refractivity contribution is 6.33. The molecule has 19 heavy (non-hydrogen) atoms. The molecule has 6 heteroatoms. The minimum atomic E-state index is -0.0241. The second kappa shape index (κ2) is 6.06. The number of oxime groups is 1. The van der Waals surface area contributed by atoms with Gasteiger partial charge in [0.15, 0.2) is 5.84 Å². The highest BCUT2D eigenvalue weighted by Gasteiger charge is 2.06. The van der Waals surface area contributed by atoms with Crippen LogP contribution in [0.15, 0.2) is 47.8 Å². The van der Waals surface area contributed by atoms with Crippen LogP contribution in [0.1, 0.15) is 11.1 Å². The first-order valence-electron chi connectivity index (χ1n) is 5.62. The predicted molar refractivity (Wildman–Crippen MR) is 75.5 cm³/mol. The molecule has 5 nitrogen and oxygen atoms in total. The van der Waals surface area contributed by atoms with Crippen LogP contribution in [0.3, 0.4) is 0 Å².